The second-order valence-electron chi connectivity index (χ2n) is 11.7. The number of unbranched alkanes of at least 4 members (excludes halogenated alkanes) is 1. The number of anilines is 1. The van der Waals surface area contributed by atoms with Crippen LogP contribution < -0.4 is 15.4 Å². The first kappa shape index (κ1) is 29.8. The summed E-state index contributed by atoms with van der Waals surface area (Å²) >= 11 is 0. The molecule has 1 spiro atoms. The molecule has 9 heteroatoms. The summed E-state index contributed by atoms with van der Waals surface area (Å²) in [7, 11) is 0. The lowest BCUT2D eigenvalue weighted by Gasteiger charge is -2.52. The highest BCUT2D eigenvalue weighted by atomic mass is 16.5. The third-order valence-corrected chi connectivity index (χ3v) is 8.79. The molecule has 0 unspecified atom stereocenters. The van der Waals surface area contributed by atoms with Crippen molar-refractivity contribution in [3.8, 4) is 11.5 Å². The lowest BCUT2D eigenvalue weighted by molar-refractivity contribution is -0.165. The number of aliphatic hydroxyl groups excluding tert-OH is 1. The number of likely N-dealkylation sites (tertiary alicyclic amines) is 1. The maximum atomic E-state index is 13.7. The summed E-state index contributed by atoms with van der Waals surface area (Å²) in [5.74, 6) is 0.984. The zero-order chi connectivity index (χ0) is 29.7. The van der Waals surface area contributed by atoms with Gasteiger partial charge in [-0.25, -0.2) is 0 Å². The molecule has 2 aromatic rings. The molecule has 3 aliphatic rings. The molecule has 9 nitrogen and oxygen atoms in total. The molecule has 1 aliphatic carbocycles. The van der Waals surface area contributed by atoms with Gasteiger partial charge in [-0.05, 0) is 80.0 Å². The van der Waals surface area contributed by atoms with Gasteiger partial charge in [0.25, 0.3) is 0 Å². The van der Waals surface area contributed by atoms with Crippen LogP contribution in [0.4, 0.5) is 5.69 Å². The molecule has 42 heavy (non-hydrogen) atoms. The molecule has 3 N–H and O–H groups in total. The number of aliphatic hydroxyl groups is 1. The molecule has 0 aromatic heterocycles. The van der Waals surface area contributed by atoms with E-state index in [1.807, 2.05) is 48.6 Å². The molecule has 5 rings (SSSR count). The topological polar surface area (TPSA) is 111 Å². The van der Waals surface area contributed by atoms with E-state index in [-0.39, 0.29) is 23.6 Å². The van der Waals surface area contributed by atoms with E-state index in [4.69, 9.17) is 4.74 Å². The molecule has 0 radical (unpaired) electrons. The average Bonchev–Trinajstić information content (AvgIpc) is 3.53. The predicted molar refractivity (Wildman–Crippen MR) is 161 cm³/mol. The van der Waals surface area contributed by atoms with Gasteiger partial charge in [-0.1, -0.05) is 37.6 Å². The smallest absolute Gasteiger partial charge is 0.248 e. The van der Waals surface area contributed by atoms with Crippen LogP contribution in [0, 0.1) is 5.92 Å². The van der Waals surface area contributed by atoms with Gasteiger partial charge in [-0.15, -0.1) is 0 Å². The molecule has 2 aromatic carbocycles. The Balaban J connectivity index is 1.19. The van der Waals surface area contributed by atoms with Gasteiger partial charge in [0.1, 0.15) is 23.1 Å². The first-order chi connectivity index (χ1) is 20.3. The lowest BCUT2D eigenvalue weighted by Crippen LogP contribution is -2.75. The highest BCUT2D eigenvalue weighted by molar-refractivity contribution is 6.00. The van der Waals surface area contributed by atoms with Gasteiger partial charge in [0, 0.05) is 38.8 Å². The normalized spacial score (nSPS) is 21.4. The number of carbonyl (C=O) groups is 3. The zero-order valence-corrected chi connectivity index (χ0v) is 24.6. The number of ether oxygens (including phenoxy) is 1. The Labute approximate surface area is 247 Å². The Morgan fingerprint density at radius 1 is 1.05 bits per heavy atom. The standard InChI is InChI=1S/C33H42N4O5/c1-3-4-19-37-31(40)29(30(39)25-7-5-6-8-25)35-32(41)33(37)17-20-36(21-18-33)22-24-9-13-27(14-10-24)42-28-15-11-26(12-16-28)34-23(2)38/h5-6,9-16,25,29-30,39H,3-4,7-8,17-22H2,1-2H3,(H,34,38)(H,35,41)/t29-,30-/m1/s1. The summed E-state index contributed by atoms with van der Waals surface area (Å²) in [5.41, 5.74) is 0.996. The largest absolute Gasteiger partial charge is 0.457 e. The van der Waals surface area contributed by atoms with Crippen LogP contribution in [-0.2, 0) is 20.9 Å². The minimum Gasteiger partial charge on any atom is -0.457 e. The Morgan fingerprint density at radius 3 is 2.26 bits per heavy atom. The maximum Gasteiger partial charge on any atom is 0.248 e. The first-order valence-electron chi connectivity index (χ1n) is 15.1. The van der Waals surface area contributed by atoms with Crippen molar-refractivity contribution < 1.29 is 24.2 Å². The minimum absolute atomic E-state index is 0.0319. The van der Waals surface area contributed by atoms with Gasteiger partial charge in [-0.3, -0.25) is 19.3 Å². The monoisotopic (exact) mass is 574 g/mol. The fraction of sp³-hybridized carbons (Fsp3) is 0.485. The predicted octanol–water partition coefficient (Wildman–Crippen LogP) is 4.23. The van der Waals surface area contributed by atoms with Gasteiger partial charge >= 0.3 is 0 Å². The van der Waals surface area contributed by atoms with Crippen molar-refractivity contribution in [2.75, 3.05) is 25.0 Å². The van der Waals surface area contributed by atoms with Crippen molar-refractivity contribution in [1.29, 1.82) is 0 Å². The SMILES string of the molecule is CCCCN1C(=O)[C@@H]([C@H](O)C2CC=CC2)NC(=O)C12CCN(Cc1ccc(Oc3ccc(NC(C)=O)cc3)cc1)CC2. The number of piperidine rings is 1. The van der Waals surface area contributed by atoms with E-state index in [0.717, 1.165) is 49.2 Å². The Kier molecular flexibility index (Phi) is 9.28. The molecule has 2 atom stereocenters. The first-order valence-corrected chi connectivity index (χ1v) is 15.1. The molecule has 2 fully saturated rings. The number of nitrogens with one attached hydrogen (secondary N) is 2. The fourth-order valence-corrected chi connectivity index (χ4v) is 6.34. The van der Waals surface area contributed by atoms with Crippen molar-refractivity contribution in [3.63, 3.8) is 0 Å². The Morgan fingerprint density at radius 2 is 1.67 bits per heavy atom. The van der Waals surface area contributed by atoms with Crippen molar-refractivity contribution in [3.05, 3.63) is 66.2 Å². The second kappa shape index (κ2) is 13.1. The van der Waals surface area contributed by atoms with Crippen molar-refractivity contribution in [1.82, 2.24) is 15.1 Å². The summed E-state index contributed by atoms with van der Waals surface area (Å²) < 4.78 is 5.95. The van der Waals surface area contributed by atoms with E-state index in [1.165, 1.54) is 6.92 Å². The lowest BCUT2D eigenvalue weighted by atomic mass is 9.79. The number of benzene rings is 2. The summed E-state index contributed by atoms with van der Waals surface area (Å²) in [6.45, 7) is 6.22. The molecular weight excluding hydrogens is 532 g/mol. The van der Waals surface area contributed by atoms with Crippen molar-refractivity contribution in [2.24, 2.45) is 5.92 Å². The van der Waals surface area contributed by atoms with Gasteiger partial charge in [0.05, 0.1) is 6.10 Å². The highest BCUT2D eigenvalue weighted by Crippen LogP contribution is 2.36. The summed E-state index contributed by atoms with van der Waals surface area (Å²) in [4.78, 5) is 42.7. The van der Waals surface area contributed by atoms with Crippen LogP contribution in [0.5, 0.6) is 11.5 Å². The van der Waals surface area contributed by atoms with Crippen LogP contribution in [0.3, 0.4) is 0 Å². The number of hydrogen-bond acceptors (Lipinski definition) is 6. The maximum absolute atomic E-state index is 13.7. The second-order valence-corrected chi connectivity index (χ2v) is 11.7. The van der Waals surface area contributed by atoms with Gasteiger partial charge in [-0.2, -0.15) is 0 Å². The Bertz CT molecular complexity index is 1280. The fourth-order valence-electron chi connectivity index (χ4n) is 6.34. The van der Waals surface area contributed by atoms with E-state index in [2.05, 4.69) is 22.5 Å². The van der Waals surface area contributed by atoms with Crippen LogP contribution in [0.2, 0.25) is 0 Å². The van der Waals surface area contributed by atoms with Crippen molar-refractivity contribution >= 4 is 23.4 Å². The quantitative estimate of drug-likeness (QED) is 0.367. The molecule has 2 aliphatic heterocycles. The van der Waals surface area contributed by atoms with E-state index in [0.29, 0.717) is 38.2 Å². The van der Waals surface area contributed by atoms with Gasteiger partial charge in [0.2, 0.25) is 17.7 Å². The molecule has 0 bridgehead atoms. The summed E-state index contributed by atoms with van der Waals surface area (Å²) in [5, 5.41) is 16.7. The minimum atomic E-state index is -0.881. The number of hydrogen-bond donors (Lipinski definition) is 3. The van der Waals surface area contributed by atoms with E-state index in [1.54, 1.807) is 17.0 Å². The third kappa shape index (κ3) is 6.52. The van der Waals surface area contributed by atoms with Crippen LogP contribution in [-0.4, -0.2) is 69.9 Å². The molecule has 3 amide bonds. The highest BCUT2D eigenvalue weighted by Gasteiger charge is 2.55. The molecule has 224 valence electrons. The molecule has 2 heterocycles. The van der Waals surface area contributed by atoms with E-state index < -0.39 is 17.7 Å². The zero-order valence-electron chi connectivity index (χ0n) is 24.6. The van der Waals surface area contributed by atoms with Crippen LogP contribution in [0.25, 0.3) is 0 Å². The summed E-state index contributed by atoms with van der Waals surface area (Å²) in [6.07, 6.45) is 7.53. The van der Waals surface area contributed by atoms with Crippen LogP contribution in [0.15, 0.2) is 60.7 Å². The number of carbonyl (C=O) groups excluding carboxylic acids is 3. The number of nitrogens with zero attached hydrogens (tertiary/aromatic N) is 2. The Hall–Kier alpha value is -3.69. The average molecular weight is 575 g/mol. The molecular formula is C33H42N4O5. The van der Waals surface area contributed by atoms with Gasteiger partial charge < -0.3 is 25.4 Å². The van der Waals surface area contributed by atoms with E-state index >= 15 is 0 Å². The van der Waals surface area contributed by atoms with Crippen LogP contribution in [0.1, 0.15) is 57.9 Å². The number of piperazine rings is 1. The molecule has 2 saturated heterocycles. The molecule has 0 saturated carbocycles. The van der Waals surface area contributed by atoms with Gasteiger partial charge in [0.15, 0.2) is 0 Å². The van der Waals surface area contributed by atoms with Crippen molar-refractivity contribution in [2.45, 2.75) is 76.6 Å². The summed E-state index contributed by atoms with van der Waals surface area (Å²) in [6, 6.07) is 14.3. The number of allylic oxidation sites excluding steroid dienone is 2. The van der Waals surface area contributed by atoms with Crippen LogP contribution >= 0.6 is 0 Å². The number of rotatable bonds is 10. The third-order valence-electron chi connectivity index (χ3n) is 8.79. The van der Waals surface area contributed by atoms with E-state index in [9.17, 15) is 19.5 Å². The number of amides is 3.